The fourth-order valence-corrected chi connectivity index (χ4v) is 2.08. The van der Waals surface area contributed by atoms with Crippen LogP contribution in [0.25, 0.3) is 0 Å². The molecule has 0 radical (unpaired) electrons. The first-order valence-corrected chi connectivity index (χ1v) is 6.38. The Morgan fingerprint density at radius 1 is 1.17 bits per heavy atom. The van der Waals surface area contributed by atoms with Crippen LogP contribution in [0.3, 0.4) is 0 Å². The minimum absolute atomic E-state index is 0.0435. The number of carbonyl (C=O) groups excluding carboxylic acids is 2. The van der Waals surface area contributed by atoms with E-state index in [1.807, 2.05) is 19.9 Å². The van der Waals surface area contributed by atoms with Gasteiger partial charge in [-0.2, -0.15) is 0 Å². The summed E-state index contributed by atoms with van der Waals surface area (Å²) in [5.74, 6) is -1.35. The van der Waals surface area contributed by atoms with E-state index in [0.717, 1.165) is 17.5 Å². The van der Waals surface area contributed by atoms with Crippen LogP contribution >= 0.6 is 0 Å². The molecule has 0 aromatic heterocycles. The molecule has 2 nitrogen and oxygen atoms in total. The average Bonchev–Trinajstić information content (AvgIpc) is 2.43. The second-order valence-corrected chi connectivity index (χ2v) is 4.20. The number of hydrogen-bond acceptors (Lipinski definition) is 2. The molecule has 3 heteroatoms. The van der Waals surface area contributed by atoms with Crippen LogP contribution in [0.4, 0.5) is 4.39 Å². The van der Waals surface area contributed by atoms with Crippen molar-refractivity contribution in [1.82, 2.24) is 0 Å². The third-order valence-electron chi connectivity index (χ3n) is 3.13. The van der Waals surface area contributed by atoms with Gasteiger partial charge in [0, 0.05) is 12.0 Å². The summed E-state index contributed by atoms with van der Waals surface area (Å²) in [6.07, 6.45) is -0.518. The monoisotopic (exact) mass is 250 g/mol. The molecule has 0 saturated heterocycles. The first-order valence-electron chi connectivity index (χ1n) is 6.38. The number of rotatable bonds is 6. The Hall–Kier alpha value is -1.51. The molecule has 0 aliphatic rings. The van der Waals surface area contributed by atoms with Crippen LogP contribution in [0, 0.1) is 0 Å². The van der Waals surface area contributed by atoms with E-state index in [-0.39, 0.29) is 6.42 Å². The molecule has 18 heavy (non-hydrogen) atoms. The van der Waals surface area contributed by atoms with Crippen molar-refractivity contribution in [3.05, 3.63) is 34.9 Å². The molecule has 0 fully saturated rings. The topological polar surface area (TPSA) is 34.1 Å². The Labute approximate surface area is 107 Å². The molecule has 1 aromatic rings. The summed E-state index contributed by atoms with van der Waals surface area (Å²) < 4.78 is 13.7. The van der Waals surface area contributed by atoms with E-state index in [0.29, 0.717) is 12.0 Å². The summed E-state index contributed by atoms with van der Waals surface area (Å²) in [4.78, 5) is 23.3. The van der Waals surface area contributed by atoms with Crippen molar-refractivity contribution in [2.24, 2.45) is 0 Å². The second-order valence-electron chi connectivity index (χ2n) is 4.20. The van der Waals surface area contributed by atoms with E-state index >= 15 is 0 Å². The lowest BCUT2D eigenvalue weighted by Gasteiger charge is -2.13. The van der Waals surface area contributed by atoms with E-state index in [4.69, 9.17) is 0 Å². The smallest absolute Gasteiger partial charge is 0.220 e. The third-order valence-corrected chi connectivity index (χ3v) is 3.13. The number of benzene rings is 1. The van der Waals surface area contributed by atoms with E-state index < -0.39 is 17.7 Å². The highest BCUT2D eigenvalue weighted by Crippen LogP contribution is 2.19. The van der Waals surface area contributed by atoms with Gasteiger partial charge in [0.1, 0.15) is 0 Å². The predicted octanol–water partition coefficient (Wildman–Crippen LogP) is 3.31. The van der Waals surface area contributed by atoms with E-state index in [9.17, 15) is 14.0 Å². The van der Waals surface area contributed by atoms with Crippen LogP contribution in [0.1, 0.15) is 48.7 Å². The minimum Gasteiger partial charge on any atom is -0.296 e. The number of alkyl halides is 1. The van der Waals surface area contributed by atoms with Crippen LogP contribution in [-0.2, 0) is 17.6 Å². The number of aryl methyl sites for hydroxylation is 1. The maximum absolute atomic E-state index is 13.7. The fourth-order valence-electron chi connectivity index (χ4n) is 2.08. The van der Waals surface area contributed by atoms with Crippen molar-refractivity contribution in [1.29, 1.82) is 0 Å². The van der Waals surface area contributed by atoms with Gasteiger partial charge in [-0.1, -0.05) is 39.0 Å². The third kappa shape index (κ3) is 2.84. The molecule has 0 N–H and O–H groups in total. The number of hydrogen-bond donors (Lipinski definition) is 0. The number of Topliss-reactive ketones (excluding diaryl/α,β-unsaturated/α-hetero) is 2. The first kappa shape index (κ1) is 14.6. The zero-order chi connectivity index (χ0) is 13.7. The number of halogens is 1. The summed E-state index contributed by atoms with van der Waals surface area (Å²) in [5, 5.41) is 0. The van der Waals surface area contributed by atoms with Crippen molar-refractivity contribution in [3.8, 4) is 0 Å². The highest BCUT2D eigenvalue weighted by atomic mass is 19.1. The van der Waals surface area contributed by atoms with Crippen molar-refractivity contribution in [2.75, 3.05) is 0 Å². The standard InChI is InChI=1S/C15H19FO2/c1-4-10-8-7-9-12(11(10)5-2)15(18)14(16)13(17)6-3/h7-9,14H,4-6H2,1-3H3. The minimum atomic E-state index is -2.02. The van der Waals surface area contributed by atoms with Gasteiger partial charge in [-0.25, -0.2) is 4.39 Å². The SMILES string of the molecule is CCC(=O)C(F)C(=O)c1cccc(CC)c1CC. The maximum atomic E-state index is 13.7. The summed E-state index contributed by atoms with van der Waals surface area (Å²) in [5.41, 5.74) is 2.25. The molecule has 1 unspecified atom stereocenters. The molecule has 98 valence electrons. The molecule has 1 rings (SSSR count). The van der Waals surface area contributed by atoms with Gasteiger partial charge in [0.25, 0.3) is 0 Å². The van der Waals surface area contributed by atoms with Crippen LogP contribution in [-0.4, -0.2) is 17.7 Å². The molecular formula is C15H19FO2. The fraction of sp³-hybridized carbons (Fsp3) is 0.467. The molecule has 0 saturated carbocycles. The Bertz CT molecular complexity index is 452. The van der Waals surface area contributed by atoms with Gasteiger partial charge in [-0.3, -0.25) is 9.59 Å². The Morgan fingerprint density at radius 2 is 1.83 bits per heavy atom. The summed E-state index contributed by atoms with van der Waals surface area (Å²) >= 11 is 0. The first-order chi connectivity index (χ1) is 8.56. The van der Waals surface area contributed by atoms with Crippen molar-refractivity contribution < 1.29 is 14.0 Å². The Kier molecular flexibility index (Phi) is 5.20. The predicted molar refractivity (Wildman–Crippen MR) is 69.7 cm³/mol. The van der Waals surface area contributed by atoms with Crippen molar-refractivity contribution >= 4 is 11.6 Å². The lowest BCUT2D eigenvalue weighted by Crippen LogP contribution is -2.26. The molecular weight excluding hydrogens is 231 g/mol. The van der Waals surface area contributed by atoms with Gasteiger partial charge in [0.15, 0.2) is 5.78 Å². The van der Waals surface area contributed by atoms with E-state index in [1.54, 1.807) is 19.1 Å². The zero-order valence-electron chi connectivity index (χ0n) is 11.1. The molecule has 0 aliphatic heterocycles. The van der Waals surface area contributed by atoms with Gasteiger partial charge >= 0.3 is 0 Å². The second kappa shape index (κ2) is 6.43. The normalized spacial score (nSPS) is 12.2. The van der Waals surface area contributed by atoms with Crippen LogP contribution < -0.4 is 0 Å². The zero-order valence-corrected chi connectivity index (χ0v) is 11.1. The molecule has 0 heterocycles. The Balaban J connectivity index is 3.17. The number of carbonyl (C=O) groups is 2. The van der Waals surface area contributed by atoms with Gasteiger partial charge in [-0.05, 0) is 24.0 Å². The summed E-state index contributed by atoms with van der Waals surface area (Å²) in [6, 6.07) is 5.29. The highest BCUT2D eigenvalue weighted by Gasteiger charge is 2.27. The van der Waals surface area contributed by atoms with Crippen LogP contribution in [0.15, 0.2) is 18.2 Å². The van der Waals surface area contributed by atoms with E-state index in [2.05, 4.69) is 0 Å². The van der Waals surface area contributed by atoms with E-state index in [1.165, 1.54) is 0 Å². The molecule has 1 aromatic carbocycles. The van der Waals surface area contributed by atoms with Gasteiger partial charge < -0.3 is 0 Å². The van der Waals surface area contributed by atoms with Gasteiger partial charge in [0.05, 0.1) is 0 Å². The molecule has 0 aliphatic carbocycles. The number of ketones is 2. The molecule has 0 spiro atoms. The van der Waals surface area contributed by atoms with Gasteiger partial charge in [-0.15, -0.1) is 0 Å². The summed E-state index contributed by atoms with van der Waals surface area (Å²) in [7, 11) is 0. The van der Waals surface area contributed by atoms with Crippen LogP contribution in [0.2, 0.25) is 0 Å². The largest absolute Gasteiger partial charge is 0.296 e. The summed E-state index contributed by atoms with van der Waals surface area (Å²) in [6.45, 7) is 5.48. The average molecular weight is 250 g/mol. The van der Waals surface area contributed by atoms with Gasteiger partial charge in [0.2, 0.25) is 12.0 Å². The molecule has 0 amide bonds. The van der Waals surface area contributed by atoms with Crippen LogP contribution in [0.5, 0.6) is 0 Å². The highest BCUT2D eigenvalue weighted by molar-refractivity contribution is 6.13. The van der Waals surface area contributed by atoms with Crippen molar-refractivity contribution in [3.63, 3.8) is 0 Å². The maximum Gasteiger partial charge on any atom is 0.220 e. The molecule has 0 bridgehead atoms. The quantitative estimate of drug-likeness (QED) is 0.573. The Morgan fingerprint density at radius 3 is 2.33 bits per heavy atom. The molecule has 1 atom stereocenters. The lowest BCUT2D eigenvalue weighted by molar-refractivity contribution is -0.121. The lowest BCUT2D eigenvalue weighted by atomic mass is 9.92. The van der Waals surface area contributed by atoms with Crippen molar-refractivity contribution in [2.45, 2.75) is 46.2 Å².